The molecule has 0 amide bonds. The van der Waals surface area contributed by atoms with Crippen molar-refractivity contribution in [1.82, 2.24) is 0 Å². The lowest BCUT2D eigenvalue weighted by Crippen LogP contribution is -2.23. The van der Waals surface area contributed by atoms with Crippen molar-refractivity contribution in [2.45, 2.75) is 6.10 Å². The van der Waals surface area contributed by atoms with Gasteiger partial charge in [-0.25, -0.2) is 9.59 Å². The van der Waals surface area contributed by atoms with Crippen molar-refractivity contribution >= 4 is 11.9 Å². The first-order valence-electron chi connectivity index (χ1n) is 4.80. The lowest BCUT2D eigenvalue weighted by atomic mass is 10.1. The molecule has 1 N–H and O–H groups in total. The zero-order valence-electron chi connectivity index (χ0n) is 8.38. The summed E-state index contributed by atoms with van der Waals surface area (Å²) in [4.78, 5) is 23.1. The Morgan fingerprint density at radius 3 is 1.88 bits per heavy atom. The van der Waals surface area contributed by atoms with Crippen molar-refractivity contribution in [2.24, 2.45) is 0 Å². The Balaban J connectivity index is 2.40. The van der Waals surface area contributed by atoms with E-state index in [4.69, 9.17) is 9.47 Å². The molecule has 1 heterocycles. The second-order valence-electron chi connectivity index (χ2n) is 3.40. The number of aliphatic hydroxyl groups is 1. The second-order valence-corrected chi connectivity index (χ2v) is 3.40. The van der Waals surface area contributed by atoms with Crippen LogP contribution in [0.15, 0.2) is 24.3 Å². The summed E-state index contributed by atoms with van der Waals surface area (Å²) in [7, 11) is 0. The molecule has 2 rings (SSSR count). The van der Waals surface area contributed by atoms with E-state index in [2.05, 4.69) is 0 Å². The van der Waals surface area contributed by atoms with Crippen molar-refractivity contribution in [3.63, 3.8) is 0 Å². The molecular weight excluding hydrogens is 212 g/mol. The number of carbonyl (C=O) groups excluding carboxylic acids is 2. The molecule has 0 aliphatic carbocycles. The number of hydrogen-bond donors (Lipinski definition) is 1. The highest BCUT2D eigenvalue weighted by atomic mass is 16.6. The van der Waals surface area contributed by atoms with Crippen LogP contribution in [-0.2, 0) is 9.47 Å². The molecule has 0 spiro atoms. The fraction of sp³-hybridized carbons (Fsp3) is 0.273. The zero-order valence-corrected chi connectivity index (χ0v) is 8.38. The van der Waals surface area contributed by atoms with E-state index in [9.17, 15) is 14.7 Å². The molecule has 1 aliphatic rings. The SMILES string of the molecule is O=C1OCC(O)COC(=O)c2ccccc21. The number of carbonyl (C=O) groups is 2. The summed E-state index contributed by atoms with van der Waals surface area (Å²) in [6.45, 7) is -0.360. The van der Waals surface area contributed by atoms with E-state index < -0.39 is 18.0 Å². The minimum atomic E-state index is -0.984. The summed E-state index contributed by atoms with van der Waals surface area (Å²) in [5.41, 5.74) is 0.309. The molecule has 0 aromatic heterocycles. The molecule has 1 aliphatic heterocycles. The summed E-state index contributed by atoms with van der Waals surface area (Å²) in [5, 5.41) is 9.30. The highest BCUT2D eigenvalue weighted by Crippen LogP contribution is 2.13. The standard InChI is InChI=1S/C11H10O5/c12-7-5-15-10(13)8-3-1-2-4-9(8)11(14)16-6-7/h1-4,7,12H,5-6H2. The van der Waals surface area contributed by atoms with Crippen molar-refractivity contribution in [3.8, 4) is 0 Å². The lowest BCUT2D eigenvalue weighted by molar-refractivity contribution is -0.00165. The number of benzene rings is 1. The Hall–Kier alpha value is -1.88. The monoisotopic (exact) mass is 222 g/mol. The van der Waals surface area contributed by atoms with Crippen LogP contribution in [0.5, 0.6) is 0 Å². The second kappa shape index (κ2) is 4.32. The molecular formula is C11H10O5. The molecule has 5 heteroatoms. The average molecular weight is 222 g/mol. The number of ether oxygens (including phenoxy) is 2. The Morgan fingerprint density at radius 2 is 1.44 bits per heavy atom. The third-order valence-electron chi connectivity index (χ3n) is 2.18. The smallest absolute Gasteiger partial charge is 0.339 e. The third kappa shape index (κ3) is 2.04. The Morgan fingerprint density at radius 1 is 1.00 bits per heavy atom. The first-order chi connectivity index (χ1) is 7.68. The van der Waals surface area contributed by atoms with Crippen molar-refractivity contribution < 1.29 is 24.2 Å². The van der Waals surface area contributed by atoms with E-state index in [1.807, 2.05) is 0 Å². The van der Waals surface area contributed by atoms with Crippen LogP contribution in [-0.4, -0.2) is 36.4 Å². The van der Waals surface area contributed by atoms with Gasteiger partial charge < -0.3 is 14.6 Å². The molecule has 1 aromatic rings. The molecule has 0 bridgehead atoms. The van der Waals surface area contributed by atoms with Crippen LogP contribution in [0.3, 0.4) is 0 Å². The van der Waals surface area contributed by atoms with Gasteiger partial charge in [0.05, 0.1) is 11.1 Å². The molecule has 0 unspecified atom stereocenters. The number of cyclic esters (lactones) is 2. The first-order valence-corrected chi connectivity index (χ1v) is 4.80. The van der Waals surface area contributed by atoms with E-state index in [-0.39, 0.29) is 24.3 Å². The van der Waals surface area contributed by atoms with Crippen LogP contribution >= 0.6 is 0 Å². The van der Waals surface area contributed by atoms with Crippen molar-refractivity contribution in [3.05, 3.63) is 35.4 Å². The summed E-state index contributed by atoms with van der Waals surface area (Å²) in [5.74, 6) is -1.26. The van der Waals surface area contributed by atoms with E-state index in [0.29, 0.717) is 0 Å². The van der Waals surface area contributed by atoms with Crippen LogP contribution in [0.1, 0.15) is 20.7 Å². The summed E-state index contributed by atoms with van der Waals surface area (Å²) in [6.07, 6.45) is -0.984. The minimum absolute atomic E-state index is 0.154. The Bertz CT molecular complexity index is 387. The highest BCUT2D eigenvalue weighted by Gasteiger charge is 2.23. The van der Waals surface area contributed by atoms with Gasteiger partial charge in [0.15, 0.2) is 0 Å². The maximum atomic E-state index is 11.6. The molecule has 0 radical (unpaired) electrons. The number of rotatable bonds is 0. The van der Waals surface area contributed by atoms with Gasteiger partial charge in [0.1, 0.15) is 19.3 Å². The van der Waals surface area contributed by atoms with Gasteiger partial charge in [-0.1, -0.05) is 12.1 Å². The minimum Gasteiger partial charge on any atom is -0.459 e. The van der Waals surface area contributed by atoms with Gasteiger partial charge in [-0.15, -0.1) is 0 Å². The van der Waals surface area contributed by atoms with E-state index in [0.717, 1.165) is 0 Å². The van der Waals surface area contributed by atoms with E-state index in [1.54, 1.807) is 12.1 Å². The maximum absolute atomic E-state index is 11.6. The van der Waals surface area contributed by atoms with Crippen LogP contribution in [0.25, 0.3) is 0 Å². The number of hydrogen-bond acceptors (Lipinski definition) is 5. The topological polar surface area (TPSA) is 72.8 Å². The lowest BCUT2D eigenvalue weighted by Gasteiger charge is -2.08. The third-order valence-corrected chi connectivity index (χ3v) is 2.18. The van der Waals surface area contributed by atoms with Crippen LogP contribution in [0.4, 0.5) is 0 Å². The fourth-order valence-corrected chi connectivity index (χ4v) is 1.39. The normalized spacial score (nSPS) is 17.6. The predicted molar refractivity (Wildman–Crippen MR) is 53.0 cm³/mol. The highest BCUT2D eigenvalue weighted by molar-refractivity contribution is 6.03. The molecule has 1 aromatic carbocycles. The van der Waals surface area contributed by atoms with E-state index >= 15 is 0 Å². The molecule has 0 atom stereocenters. The predicted octanol–water partition coefficient (Wildman–Crippen LogP) is 0.375. The van der Waals surface area contributed by atoms with Gasteiger partial charge >= 0.3 is 11.9 Å². The molecule has 5 nitrogen and oxygen atoms in total. The Kier molecular flexibility index (Phi) is 2.87. The Labute approximate surface area is 91.6 Å². The molecule has 0 fully saturated rings. The van der Waals surface area contributed by atoms with Gasteiger partial charge in [0.25, 0.3) is 0 Å². The van der Waals surface area contributed by atoms with Crippen molar-refractivity contribution in [1.29, 1.82) is 0 Å². The summed E-state index contributed by atoms with van der Waals surface area (Å²) >= 11 is 0. The molecule has 0 saturated carbocycles. The molecule has 84 valence electrons. The molecule has 0 saturated heterocycles. The largest absolute Gasteiger partial charge is 0.459 e. The van der Waals surface area contributed by atoms with Crippen LogP contribution in [0, 0.1) is 0 Å². The summed E-state index contributed by atoms with van der Waals surface area (Å²) < 4.78 is 9.66. The summed E-state index contributed by atoms with van der Waals surface area (Å²) in [6, 6.07) is 6.22. The van der Waals surface area contributed by atoms with Gasteiger partial charge in [-0.3, -0.25) is 0 Å². The van der Waals surface area contributed by atoms with Gasteiger partial charge in [0, 0.05) is 0 Å². The van der Waals surface area contributed by atoms with Crippen LogP contribution in [0.2, 0.25) is 0 Å². The van der Waals surface area contributed by atoms with E-state index in [1.165, 1.54) is 12.1 Å². The zero-order chi connectivity index (χ0) is 11.5. The number of esters is 2. The first kappa shape index (κ1) is 10.6. The average Bonchev–Trinajstić information content (AvgIpc) is 2.36. The quantitative estimate of drug-likeness (QED) is 0.642. The molecule has 16 heavy (non-hydrogen) atoms. The van der Waals surface area contributed by atoms with Gasteiger partial charge in [-0.05, 0) is 12.1 Å². The number of fused-ring (bicyclic) bond motifs is 1. The van der Waals surface area contributed by atoms with Crippen molar-refractivity contribution in [2.75, 3.05) is 13.2 Å². The fourth-order valence-electron chi connectivity index (χ4n) is 1.39. The van der Waals surface area contributed by atoms with Gasteiger partial charge in [-0.2, -0.15) is 0 Å². The van der Waals surface area contributed by atoms with Crippen LogP contribution < -0.4 is 0 Å². The maximum Gasteiger partial charge on any atom is 0.339 e. The van der Waals surface area contributed by atoms with Gasteiger partial charge in [0.2, 0.25) is 0 Å². The number of aliphatic hydroxyl groups excluding tert-OH is 1.